The molecule has 1 fully saturated rings. The van der Waals surface area contributed by atoms with Gasteiger partial charge in [-0.1, -0.05) is 22.8 Å². The van der Waals surface area contributed by atoms with Crippen LogP contribution in [0.2, 0.25) is 5.02 Å². The summed E-state index contributed by atoms with van der Waals surface area (Å²) < 4.78 is 5.48. The number of nitrogens with zero attached hydrogens (tertiary/aromatic N) is 4. The lowest BCUT2D eigenvalue weighted by Crippen LogP contribution is -2.40. The summed E-state index contributed by atoms with van der Waals surface area (Å²) in [5.41, 5.74) is 2.46. The zero-order chi connectivity index (χ0) is 19.5. The molecule has 1 N–H and O–H groups in total. The average Bonchev–Trinajstić information content (AvgIpc) is 3.20. The molecule has 4 rings (SSSR count). The van der Waals surface area contributed by atoms with E-state index in [4.69, 9.17) is 16.1 Å². The van der Waals surface area contributed by atoms with Gasteiger partial charge in [0.1, 0.15) is 5.69 Å². The maximum atomic E-state index is 12.4. The second kappa shape index (κ2) is 7.98. The molecule has 2 amide bonds. The Hall–Kier alpha value is -2.93. The number of urea groups is 1. The predicted octanol–water partition coefficient (Wildman–Crippen LogP) is 4.50. The highest BCUT2D eigenvalue weighted by Crippen LogP contribution is 2.29. The van der Waals surface area contributed by atoms with Crippen molar-refractivity contribution in [2.45, 2.75) is 25.7 Å². The number of rotatable bonds is 3. The van der Waals surface area contributed by atoms with Gasteiger partial charge in [-0.25, -0.2) is 4.79 Å². The van der Waals surface area contributed by atoms with Crippen LogP contribution in [0, 0.1) is 6.92 Å². The van der Waals surface area contributed by atoms with Crippen LogP contribution in [0.1, 0.15) is 30.2 Å². The molecule has 7 nitrogen and oxygen atoms in total. The van der Waals surface area contributed by atoms with Crippen LogP contribution in [0.15, 0.2) is 47.1 Å². The first-order valence-electron chi connectivity index (χ1n) is 9.17. The first-order valence-corrected chi connectivity index (χ1v) is 9.55. The normalized spacial score (nSPS) is 14.9. The fraction of sp³-hybridized carbons (Fsp3) is 0.300. The Morgan fingerprint density at radius 2 is 1.96 bits per heavy atom. The van der Waals surface area contributed by atoms with E-state index in [1.54, 1.807) is 35.4 Å². The van der Waals surface area contributed by atoms with Gasteiger partial charge in [0.05, 0.1) is 0 Å². The Morgan fingerprint density at radius 1 is 1.21 bits per heavy atom. The van der Waals surface area contributed by atoms with Gasteiger partial charge in [-0.05, 0) is 55.7 Å². The number of nitrogens with one attached hydrogen (secondary N) is 1. The van der Waals surface area contributed by atoms with E-state index in [-0.39, 0.29) is 11.9 Å². The van der Waals surface area contributed by atoms with Crippen molar-refractivity contribution >= 4 is 23.3 Å². The number of hydrogen-bond acceptors (Lipinski definition) is 5. The number of likely N-dealkylation sites (tertiary alicyclic amines) is 1. The van der Waals surface area contributed by atoms with Crippen LogP contribution in [-0.2, 0) is 0 Å². The molecule has 0 saturated carbocycles. The van der Waals surface area contributed by atoms with Gasteiger partial charge in [0.25, 0.3) is 0 Å². The number of carbonyl (C=O) groups is 1. The maximum absolute atomic E-state index is 12.4. The van der Waals surface area contributed by atoms with Crippen molar-refractivity contribution in [3.05, 3.63) is 59.1 Å². The highest BCUT2D eigenvalue weighted by Gasteiger charge is 2.28. The van der Waals surface area contributed by atoms with Crippen molar-refractivity contribution < 1.29 is 9.32 Å². The van der Waals surface area contributed by atoms with Crippen LogP contribution in [0.25, 0.3) is 11.5 Å². The third-order valence-electron chi connectivity index (χ3n) is 4.89. The second-order valence-electron chi connectivity index (χ2n) is 6.82. The molecule has 28 heavy (non-hydrogen) atoms. The fourth-order valence-corrected chi connectivity index (χ4v) is 3.41. The third kappa shape index (κ3) is 3.99. The largest absolute Gasteiger partial charge is 0.339 e. The molecule has 144 valence electrons. The molecule has 3 aromatic rings. The molecule has 0 spiro atoms. The van der Waals surface area contributed by atoms with Gasteiger partial charge in [0, 0.05) is 35.9 Å². The summed E-state index contributed by atoms with van der Waals surface area (Å²) in [4.78, 5) is 23.1. The van der Waals surface area contributed by atoms with Gasteiger partial charge < -0.3 is 14.7 Å². The number of piperidine rings is 1. The Balaban J connectivity index is 1.36. The number of aryl methyl sites for hydroxylation is 1. The van der Waals surface area contributed by atoms with E-state index in [1.807, 2.05) is 19.1 Å². The Morgan fingerprint density at radius 3 is 2.68 bits per heavy atom. The monoisotopic (exact) mass is 397 g/mol. The van der Waals surface area contributed by atoms with E-state index in [0.717, 1.165) is 29.8 Å². The van der Waals surface area contributed by atoms with E-state index >= 15 is 0 Å². The Kier molecular flexibility index (Phi) is 5.25. The number of benzene rings is 1. The summed E-state index contributed by atoms with van der Waals surface area (Å²) in [6.07, 6.45) is 3.27. The number of anilines is 1. The lowest BCUT2D eigenvalue weighted by atomic mass is 9.97. The van der Waals surface area contributed by atoms with Crippen LogP contribution in [0.3, 0.4) is 0 Å². The van der Waals surface area contributed by atoms with Gasteiger partial charge in [0.15, 0.2) is 0 Å². The van der Waals surface area contributed by atoms with E-state index in [0.29, 0.717) is 29.8 Å². The number of pyridine rings is 1. The van der Waals surface area contributed by atoms with Crippen molar-refractivity contribution in [2.75, 3.05) is 18.4 Å². The van der Waals surface area contributed by atoms with Crippen molar-refractivity contribution in [3.63, 3.8) is 0 Å². The Bertz CT molecular complexity index is 965. The molecule has 0 unspecified atom stereocenters. The fourth-order valence-electron chi connectivity index (χ4n) is 3.28. The molecular formula is C20H20ClN5O2. The molecule has 1 saturated heterocycles. The average molecular weight is 398 g/mol. The Labute approximate surface area is 167 Å². The van der Waals surface area contributed by atoms with Crippen molar-refractivity contribution in [3.8, 4) is 11.5 Å². The highest BCUT2D eigenvalue weighted by molar-refractivity contribution is 6.30. The maximum Gasteiger partial charge on any atom is 0.321 e. The van der Waals surface area contributed by atoms with Crippen molar-refractivity contribution in [1.29, 1.82) is 0 Å². The van der Waals surface area contributed by atoms with Crippen LogP contribution in [-0.4, -0.2) is 39.1 Å². The SMILES string of the molecule is Cc1cccnc1-c1noc(C2CCN(C(=O)Nc3ccc(Cl)cc3)CC2)n1. The summed E-state index contributed by atoms with van der Waals surface area (Å²) in [5.74, 6) is 1.26. The van der Waals surface area contributed by atoms with Gasteiger partial charge in [0.2, 0.25) is 11.7 Å². The standard InChI is InChI=1S/C20H20ClN5O2/c1-13-3-2-10-22-17(13)18-24-19(28-25-18)14-8-11-26(12-9-14)20(27)23-16-6-4-15(21)5-7-16/h2-7,10,14H,8-9,11-12H2,1H3,(H,23,27). The summed E-state index contributed by atoms with van der Waals surface area (Å²) in [5, 5.41) is 7.62. The predicted molar refractivity (Wildman–Crippen MR) is 106 cm³/mol. The topological polar surface area (TPSA) is 84.2 Å². The molecule has 2 aromatic heterocycles. The molecule has 3 heterocycles. The molecule has 1 aliphatic rings. The molecule has 0 aliphatic carbocycles. The van der Waals surface area contributed by atoms with E-state index < -0.39 is 0 Å². The van der Waals surface area contributed by atoms with Crippen LogP contribution in [0.5, 0.6) is 0 Å². The van der Waals surface area contributed by atoms with Crippen molar-refractivity contribution in [2.24, 2.45) is 0 Å². The summed E-state index contributed by atoms with van der Waals surface area (Å²) in [7, 11) is 0. The quantitative estimate of drug-likeness (QED) is 0.703. The first-order chi connectivity index (χ1) is 13.6. The molecular weight excluding hydrogens is 378 g/mol. The summed E-state index contributed by atoms with van der Waals surface area (Å²) in [6, 6.07) is 10.8. The second-order valence-corrected chi connectivity index (χ2v) is 7.26. The minimum Gasteiger partial charge on any atom is -0.339 e. The highest BCUT2D eigenvalue weighted by atomic mass is 35.5. The number of amides is 2. The van der Waals surface area contributed by atoms with Crippen molar-refractivity contribution in [1.82, 2.24) is 20.0 Å². The van der Waals surface area contributed by atoms with Gasteiger partial charge in [-0.2, -0.15) is 4.98 Å². The molecule has 1 aromatic carbocycles. The minimum atomic E-state index is -0.115. The van der Waals surface area contributed by atoms with Gasteiger partial charge in [-0.3, -0.25) is 4.98 Å². The number of carbonyl (C=O) groups excluding carboxylic acids is 1. The summed E-state index contributed by atoms with van der Waals surface area (Å²) >= 11 is 5.87. The number of aromatic nitrogens is 3. The lowest BCUT2D eigenvalue weighted by molar-refractivity contribution is 0.187. The van der Waals surface area contributed by atoms with E-state index in [9.17, 15) is 4.79 Å². The molecule has 0 atom stereocenters. The lowest BCUT2D eigenvalue weighted by Gasteiger charge is -2.30. The van der Waals surface area contributed by atoms with E-state index in [2.05, 4.69) is 20.4 Å². The molecule has 1 aliphatic heterocycles. The van der Waals surface area contributed by atoms with Gasteiger partial charge in [-0.15, -0.1) is 0 Å². The zero-order valence-electron chi connectivity index (χ0n) is 15.4. The number of hydrogen-bond donors (Lipinski definition) is 1. The van der Waals surface area contributed by atoms with Crippen LogP contribution in [0.4, 0.5) is 10.5 Å². The molecule has 0 radical (unpaired) electrons. The summed E-state index contributed by atoms with van der Waals surface area (Å²) in [6.45, 7) is 3.23. The minimum absolute atomic E-state index is 0.115. The van der Waals surface area contributed by atoms with Crippen LogP contribution < -0.4 is 5.32 Å². The number of halogens is 1. The smallest absolute Gasteiger partial charge is 0.321 e. The van der Waals surface area contributed by atoms with E-state index in [1.165, 1.54) is 0 Å². The zero-order valence-corrected chi connectivity index (χ0v) is 16.2. The first kappa shape index (κ1) is 18.4. The van der Waals surface area contributed by atoms with Crippen LogP contribution >= 0.6 is 11.6 Å². The van der Waals surface area contributed by atoms with Gasteiger partial charge >= 0.3 is 6.03 Å². The molecule has 0 bridgehead atoms. The third-order valence-corrected chi connectivity index (χ3v) is 5.14. The molecule has 8 heteroatoms.